The van der Waals surface area contributed by atoms with E-state index >= 15 is 0 Å². The van der Waals surface area contributed by atoms with Crippen molar-refractivity contribution in [3.05, 3.63) is 34.6 Å². The predicted molar refractivity (Wildman–Crippen MR) is 77.7 cm³/mol. The van der Waals surface area contributed by atoms with E-state index < -0.39 is 0 Å². The second-order valence-corrected chi connectivity index (χ2v) is 5.05. The summed E-state index contributed by atoms with van der Waals surface area (Å²) in [7, 11) is 1.84. The van der Waals surface area contributed by atoms with Gasteiger partial charge in [-0.1, -0.05) is 11.6 Å². The molecule has 1 aromatic heterocycles. The Balaban J connectivity index is 1.75. The maximum absolute atomic E-state index is 6.21. The molecule has 5 nitrogen and oxygen atoms in total. The zero-order valence-electron chi connectivity index (χ0n) is 11.4. The van der Waals surface area contributed by atoms with E-state index in [1.165, 1.54) is 0 Å². The van der Waals surface area contributed by atoms with Crippen LogP contribution in [0.1, 0.15) is 11.3 Å². The lowest BCUT2D eigenvalue weighted by Gasteiger charge is -2.19. The maximum atomic E-state index is 6.21. The highest BCUT2D eigenvalue weighted by molar-refractivity contribution is 6.30. The standard InChI is InChI=1S/C14H16ClN3O2/c1-9-11(14(15)18(2)17-9)8-16-10-3-4-12-13(7-10)20-6-5-19-12/h3-4,7,16H,5-6,8H2,1-2H3. The van der Waals surface area contributed by atoms with E-state index in [1.807, 2.05) is 32.2 Å². The van der Waals surface area contributed by atoms with Gasteiger partial charge in [-0.25, -0.2) is 0 Å². The zero-order chi connectivity index (χ0) is 14.1. The van der Waals surface area contributed by atoms with Crippen molar-refractivity contribution in [2.45, 2.75) is 13.5 Å². The molecule has 0 amide bonds. The number of anilines is 1. The first kappa shape index (κ1) is 13.1. The Hall–Kier alpha value is -1.88. The molecule has 0 atom stereocenters. The number of aromatic nitrogens is 2. The molecule has 3 rings (SSSR count). The Morgan fingerprint density at radius 3 is 2.75 bits per heavy atom. The quantitative estimate of drug-likeness (QED) is 0.945. The molecule has 2 aromatic rings. The van der Waals surface area contributed by atoms with Crippen molar-refractivity contribution in [1.82, 2.24) is 9.78 Å². The van der Waals surface area contributed by atoms with Crippen LogP contribution < -0.4 is 14.8 Å². The van der Waals surface area contributed by atoms with Gasteiger partial charge in [-0.3, -0.25) is 4.68 Å². The van der Waals surface area contributed by atoms with Crippen molar-refractivity contribution < 1.29 is 9.47 Å². The van der Waals surface area contributed by atoms with Gasteiger partial charge in [-0.05, 0) is 19.1 Å². The molecule has 2 heterocycles. The van der Waals surface area contributed by atoms with Gasteiger partial charge in [0.15, 0.2) is 11.5 Å². The van der Waals surface area contributed by atoms with Gasteiger partial charge in [0.2, 0.25) is 0 Å². The molecule has 0 saturated heterocycles. The first-order valence-corrected chi connectivity index (χ1v) is 6.84. The molecule has 0 spiro atoms. The molecule has 0 aliphatic carbocycles. The summed E-state index contributed by atoms with van der Waals surface area (Å²) in [4.78, 5) is 0. The molecule has 1 aliphatic rings. The normalized spacial score (nSPS) is 13.3. The minimum Gasteiger partial charge on any atom is -0.486 e. The van der Waals surface area contributed by atoms with Crippen LogP contribution in [-0.4, -0.2) is 23.0 Å². The first-order valence-electron chi connectivity index (χ1n) is 6.46. The number of nitrogens with zero attached hydrogens (tertiary/aromatic N) is 2. The summed E-state index contributed by atoms with van der Waals surface area (Å²) in [5, 5.41) is 8.29. The Bertz CT molecular complexity index is 640. The van der Waals surface area contributed by atoms with Gasteiger partial charge in [0, 0.05) is 30.9 Å². The number of halogens is 1. The third-order valence-electron chi connectivity index (χ3n) is 3.28. The summed E-state index contributed by atoms with van der Waals surface area (Å²) in [6, 6.07) is 5.82. The lowest BCUT2D eigenvalue weighted by Crippen LogP contribution is -2.15. The number of benzene rings is 1. The number of ether oxygens (including phenoxy) is 2. The largest absolute Gasteiger partial charge is 0.486 e. The molecular weight excluding hydrogens is 278 g/mol. The van der Waals surface area contributed by atoms with Gasteiger partial charge in [0.25, 0.3) is 0 Å². The highest BCUT2D eigenvalue weighted by Gasteiger charge is 2.13. The van der Waals surface area contributed by atoms with Gasteiger partial charge in [0.1, 0.15) is 18.4 Å². The summed E-state index contributed by atoms with van der Waals surface area (Å²) in [6.45, 7) is 3.76. The molecule has 1 N–H and O–H groups in total. The van der Waals surface area contributed by atoms with Gasteiger partial charge in [0.05, 0.1) is 5.69 Å². The summed E-state index contributed by atoms with van der Waals surface area (Å²) < 4.78 is 12.7. The Kier molecular flexibility index (Phi) is 3.44. The second-order valence-electron chi connectivity index (χ2n) is 4.69. The first-order chi connectivity index (χ1) is 9.65. The SMILES string of the molecule is Cc1nn(C)c(Cl)c1CNc1ccc2c(c1)OCCO2. The number of aryl methyl sites for hydroxylation is 2. The number of fused-ring (bicyclic) bond motifs is 1. The molecule has 0 radical (unpaired) electrons. The van der Waals surface area contributed by atoms with Crippen molar-refractivity contribution in [3.63, 3.8) is 0 Å². The molecule has 0 fully saturated rings. The fourth-order valence-electron chi connectivity index (χ4n) is 2.22. The average molecular weight is 294 g/mol. The van der Waals surface area contributed by atoms with E-state index in [4.69, 9.17) is 21.1 Å². The lowest BCUT2D eigenvalue weighted by atomic mass is 10.2. The minimum atomic E-state index is 0.587. The molecule has 0 saturated carbocycles. The van der Waals surface area contributed by atoms with Gasteiger partial charge in [-0.2, -0.15) is 5.10 Å². The molecule has 0 unspecified atom stereocenters. The third kappa shape index (κ3) is 2.41. The Labute approximate surface area is 122 Å². The van der Waals surface area contributed by atoms with Crippen LogP contribution in [0.15, 0.2) is 18.2 Å². The second kappa shape index (κ2) is 5.25. The van der Waals surface area contributed by atoms with E-state index in [-0.39, 0.29) is 0 Å². The van der Waals surface area contributed by atoms with E-state index in [1.54, 1.807) is 4.68 Å². The Morgan fingerprint density at radius 1 is 1.30 bits per heavy atom. The van der Waals surface area contributed by atoms with Crippen molar-refractivity contribution in [2.24, 2.45) is 7.05 Å². The summed E-state index contributed by atoms with van der Waals surface area (Å²) >= 11 is 6.21. The topological polar surface area (TPSA) is 48.3 Å². The molecule has 6 heteroatoms. The molecule has 106 valence electrons. The monoisotopic (exact) mass is 293 g/mol. The van der Waals surface area contributed by atoms with Crippen LogP contribution >= 0.6 is 11.6 Å². The fourth-order valence-corrected chi connectivity index (χ4v) is 2.46. The average Bonchev–Trinajstić information content (AvgIpc) is 2.70. The molecule has 1 aromatic carbocycles. The van der Waals surface area contributed by atoms with Crippen LogP contribution in [0.4, 0.5) is 5.69 Å². The molecule has 1 aliphatic heterocycles. The van der Waals surface area contributed by atoms with Crippen molar-refractivity contribution >= 4 is 17.3 Å². The van der Waals surface area contributed by atoms with Gasteiger partial charge in [-0.15, -0.1) is 0 Å². The summed E-state index contributed by atoms with van der Waals surface area (Å²) in [5.41, 5.74) is 2.90. The third-order valence-corrected chi connectivity index (χ3v) is 3.75. The summed E-state index contributed by atoms with van der Waals surface area (Å²) in [6.07, 6.45) is 0. The van der Waals surface area contributed by atoms with Crippen molar-refractivity contribution in [3.8, 4) is 11.5 Å². The van der Waals surface area contributed by atoms with Crippen molar-refractivity contribution in [2.75, 3.05) is 18.5 Å². The summed E-state index contributed by atoms with van der Waals surface area (Å²) in [5.74, 6) is 1.56. The van der Waals surface area contributed by atoms with E-state index in [2.05, 4.69) is 10.4 Å². The molecule has 20 heavy (non-hydrogen) atoms. The van der Waals surface area contributed by atoms with E-state index in [0.717, 1.165) is 28.4 Å². The van der Waals surface area contributed by atoms with Crippen LogP contribution in [0, 0.1) is 6.92 Å². The molecular formula is C14H16ClN3O2. The predicted octanol–water partition coefficient (Wildman–Crippen LogP) is 2.77. The number of rotatable bonds is 3. The zero-order valence-corrected chi connectivity index (χ0v) is 12.2. The highest BCUT2D eigenvalue weighted by atomic mass is 35.5. The maximum Gasteiger partial charge on any atom is 0.163 e. The van der Waals surface area contributed by atoms with Crippen LogP contribution in [0.2, 0.25) is 5.15 Å². The van der Waals surface area contributed by atoms with Gasteiger partial charge >= 0.3 is 0 Å². The van der Waals surface area contributed by atoms with Crippen molar-refractivity contribution in [1.29, 1.82) is 0 Å². The highest BCUT2D eigenvalue weighted by Crippen LogP contribution is 2.33. The van der Waals surface area contributed by atoms with Crippen LogP contribution in [0.5, 0.6) is 11.5 Å². The molecule has 0 bridgehead atoms. The minimum absolute atomic E-state index is 0.587. The van der Waals surface area contributed by atoms with Gasteiger partial charge < -0.3 is 14.8 Å². The smallest absolute Gasteiger partial charge is 0.163 e. The number of nitrogens with one attached hydrogen (secondary N) is 1. The Morgan fingerprint density at radius 2 is 2.05 bits per heavy atom. The number of hydrogen-bond acceptors (Lipinski definition) is 4. The van der Waals surface area contributed by atoms with Crippen LogP contribution in [0.25, 0.3) is 0 Å². The fraction of sp³-hybridized carbons (Fsp3) is 0.357. The van der Waals surface area contributed by atoms with E-state index in [9.17, 15) is 0 Å². The number of hydrogen-bond donors (Lipinski definition) is 1. The van der Waals surface area contributed by atoms with Crippen LogP contribution in [0.3, 0.4) is 0 Å². The van der Waals surface area contributed by atoms with E-state index in [0.29, 0.717) is 24.9 Å². The lowest BCUT2D eigenvalue weighted by molar-refractivity contribution is 0.171. The van der Waals surface area contributed by atoms with Crippen LogP contribution in [-0.2, 0) is 13.6 Å².